The van der Waals surface area contributed by atoms with Gasteiger partial charge in [0.15, 0.2) is 11.5 Å². The summed E-state index contributed by atoms with van der Waals surface area (Å²) in [5.74, 6) is -0.472. The Hall–Kier alpha value is -3.47. The third-order valence-corrected chi connectivity index (χ3v) is 4.64. The van der Waals surface area contributed by atoms with Crippen LogP contribution in [0.2, 0.25) is 0 Å². The number of benzene rings is 1. The van der Waals surface area contributed by atoms with Crippen molar-refractivity contribution in [3.05, 3.63) is 52.5 Å². The number of carbonyl (C=O) groups is 1. The standard InChI is InChI=1S/C17H13F2N5O3S/c18-17(19)26-12-2-1-9(7-13(12)27-17)23-15(25)14-11(4-6-28-14)22-8-10-3-5-21-16(20)24-10/h1-7,22H,8H2,(H,23,25)(H2,20,21,24). The highest BCUT2D eigenvalue weighted by atomic mass is 32.1. The van der Waals surface area contributed by atoms with Gasteiger partial charge in [-0.1, -0.05) is 0 Å². The van der Waals surface area contributed by atoms with Crippen molar-refractivity contribution in [3.63, 3.8) is 0 Å². The molecule has 28 heavy (non-hydrogen) atoms. The molecular weight excluding hydrogens is 392 g/mol. The van der Waals surface area contributed by atoms with Crippen molar-refractivity contribution < 1.29 is 23.0 Å². The lowest BCUT2D eigenvalue weighted by molar-refractivity contribution is -0.286. The number of nitrogens with one attached hydrogen (secondary N) is 2. The Morgan fingerprint density at radius 2 is 2.04 bits per heavy atom. The Kier molecular flexibility index (Phi) is 4.43. The van der Waals surface area contributed by atoms with Gasteiger partial charge in [-0.05, 0) is 29.6 Å². The van der Waals surface area contributed by atoms with E-state index in [9.17, 15) is 13.6 Å². The topological polar surface area (TPSA) is 111 Å². The SMILES string of the molecule is Nc1nccc(CNc2ccsc2C(=O)Nc2ccc3c(c2)OC(F)(F)O3)n1. The van der Waals surface area contributed by atoms with E-state index in [0.29, 0.717) is 28.5 Å². The third kappa shape index (κ3) is 3.78. The van der Waals surface area contributed by atoms with Crippen molar-refractivity contribution in [2.24, 2.45) is 0 Å². The normalized spacial score (nSPS) is 13.9. The molecule has 0 aliphatic carbocycles. The number of thiophene rings is 1. The molecule has 0 saturated heterocycles. The van der Waals surface area contributed by atoms with Crippen LogP contribution in [0, 0.1) is 0 Å². The van der Waals surface area contributed by atoms with E-state index in [2.05, 4.69) is 30.1 Å². The highest BCUT2D eigenvalue weighted by molar-refractivity contribution is 7.12. The number of nitrogens with zero attached hydrogens (tertiary/aromatic N) is 2. The number of alkyl halides is 2. The molecule has 0 spiro atoms. The summed E-state index contributed by atoms with van der Waals surface area (Å²) in [6.45, 7) is 0.350. The molecule has 3 heterocycles. The number of hydrogen-bond acceptors (Lipinski definition) is 8. The minimum Gasteiger partial charge on any atom is -0.395 e. The summed E-state index contributed by atoms with van der Waals surface area (Å²) in [6.07, 6.45) is -2.16. The molecule has 144 valence electrons. The second-order valence-corrected chi connectivity index (χ2v) is 6.62. The predicted octanol–water partition coefficient (Wildman–Crippen LogP) is 3.31. The van der Waals surface area contributed by atoms with Gasteiger partial charge in [0.2, 0.25) is 5.95 Å². The summed E-state index contributed by atoms with van der Waals surface area (Å²) in [6, 6.07) is 7.49. The largest absolute Gasteiger partial charge is 0.586 e. The number of nitrogens with two attached hydrogens (primary N) is 1. The number of fused-ring (bicyclic) bond motifs is 1. The molecule has 3 aromatic rings. The lowest BCUT2D eigenvalue weighted by Gasteiger charge is -2.09. The average molecular weight is 405 g/mol. The Morgan fingerprint density at radius 3 is 2.86 bits per heavy atom. The van der Waals surface area contributed by atoms with Crippen LogP contribution in [0.25, 0.3) is 0 Å². The molecule has 0 radical (unpaired) electrons. The van der Waals surface area contributed by atoms with E-state index in [1.807, 2.05) is 0 Å². The van der Waals surface area contributed by atoms with Crippen LogP contribution in [0.3, 0.4) is 0 Å². The number of hydrogen-bond donors (Lipinski definition) is 3. The van der Waals surface area contributed by atoms with Gasteiger partial charge in [-0.2, -0.15) is 0 Å². The van der Waals surface area contributed by atoms with E-state index in [1.54, 1.807) is 23.7 Å². The maximum atomic E-state index is 13.1. The van der Waals surface area contributed by atoms with Gasteiger partial charge in [0.25, 0.3) is 5.91 Å². The van der Waals surface area contributed by atoms with Crippen molar-refractivity contribution in [2.45, 2.75) is 12.8 Å². The molecular formula is C17H13F2N5O3S. The van der Waals surface area contributed by atoms with E-state index in [4.69, 9.17) is 5.73 Å². The molecule has 1 aliphatic rings. The minimum absolute atomic E-state index is 0.0920. The summed E-state index contributed by atoms with van der Waals surface area (Å²) in [5.41, 5.74) is 7.12. The second kappa shape index (κ2) is 6.93. The van der Waals surface area contributed by atoms with Gasteiger partial charge in [-0.3, -0.25) is 4.79 Å². The van der Waals surface area contributed by atoms with Crippen LogP contribution in [0.5, 0.6) is 11.5 Å². The minimum atomic E-state index is -3.71. The predicted molar refractivity (Wildman–Crippen MR) is 98.7 cm³/mol. The highest BCUT2D eigenvalue weighted by Gasteiger charge is 2.43. The van der Waals surface area contributed by atoms with E-state index in [1.165, 1.54) is 29.5 Å². The van der Waals surface area contributed by atoms with Crippen molar-refractivity contribution in [2.75, 3.05) is 16.4 Å². The maximum absolute atomic E-state index is 13.1. The molecule has 1 amide bonds. The highest BCUT2D eigenvalue weighted by Crippen LogP contribution is 2.42. The number of ether oxygens (including phenoxy) is 2. The van der Waals surface area contributed by atoms with E-state index in [0.717, 1.165) is 0 Å². The number of anilines is 3. The molecule has 8 nitrogen and oxygen atoms in total. The van der Waals surface area contributed by atoms with E-state index >= 15 is 0 Å². The lowest BCUT2D eigenvalue weighted by atomic mass is 10.2. The van der Waals surface area contributed by atoms with Crippen LogP contribution in [-0.4, -0.2) is 22.2 Å². The molecule has 4 N–H and O–H groups in total. The van der Waals surface area contributed by atoms with E-state index < -0.39 is 12.2 Å². The zero-order chi connectivity index (χ0) is 19.7. The zero-order valence-corrected chi connectivity index (χ0v) is 14.9. The number of aromatic nitrogens is 2. The Balaban J connectivity index is 1.44. The summed E-state index contributed by atoms with van der Waals surface area (Å²) < 4.78 is 34.9. The van der Waals surface area contributed by atoms with Gasteiger partial charge < -0.3 is 25.8 Å². The first-order valence-corrected chi connectivity index (χ1v) is 8.87. The Labute approximate surface area is 161 Å². The summed E-state index contributed by atoms with van der Waals surface area (Å²) in [4.78, 5) is 20.9. The van der Waals surface area contributed by atoms with Crippen molar-refractivity contribution in [1.29, 1.82) is 0 Å². The summed E-state index contributed by atoms with van der Waals surface area (Å²) >= 11 is 1.23. The third-order valence-electron chi connectivity index (χ3n) is 3.72. The quantitative estimate of drug-likeness (QED) is 0.597. The zero-order valence-electron chi connectivity index (χ0n) is 14.1. The maximum Gasteiger partial charge on any atom is 0.586 e. The number of rotatable bonds is 5. The first kappa shape index (κ1) is 17.9. The van der Waals surface area contributed by atoms with Gasteiger partial charge in [0, 0.05) is 18.0 Å². The van der Waals surface area contributed by atoms with Gasteiger partial charge >= 0.3 is 6.29 Å². The average Bonchev–Trinajstić information content (AvgIpc) is 3.22. The number of nitrogen functional groups attached to an aromatic ring is 1. The Morgan fingerprint density at radius 1 is 1.21 bits per heavy atom. The van der Waals surface area contributed by atoms with Crippen molar-refractivity contribution in [1.82, 2.24) is 9.97 Å². The molecule has 11 heteroatoms. The first-order chi connectivity index (χ1) is 13.4. The van der Waals surface area contributed by atoms with Crippen LogP contribution in [0.15, 0.2) is 41.9 Å². The molecule has 1 aliphatic heterocycles. The fourth-order valence-corrected chi connectivity index (χ4v) is 3.30. The Bertz CT molecular complexity index is 1040. The van der Waals surface area contributed by atoms with Crippen molar-refractivity contribution in [3.8, 4) is 11.5 Å². The second-order valence-electron chi connectivity index (χ2n) is 5.71. The van der Waals surface area contributed by atoms with Gasteiger partial charge in [-0.25, -0.2) is 9.97 Å². The van der Waals surface area contributed by atoms with Crippen LogP contribution in [-0.2, 0) is 6.54 Å². The number of amides is 1. The van der Waals surface area contributed by atoms with Crippen LogP contribution in [0.4, 0.5) is 26.1 Å². The number of halogens is 2. The monoisotopic (exact) mass is 405 g/mol. The lowest BCUT2D eigenvalue weighted by Crippen LogP contribution is -2.25. The smallest absolute Gasteiger partial charge is 0.395 e. The molecule has 0 saturated carbocycles. The molecule has 2 aromatic heterocycles. The number of carbonyl (C=O) groups excluding carboxylic acids is 1. The summed E-state index contributed by atoms with van der Waals surface area (Å²) in [5, 5.41) is 7.53. The molecule has 4 rings (SSSR count). The van der Waals surface area contributed by atoms with Gasteiger partial charge in [0.1, 0.15) is 4.88 Å². The van der Waals surface area contributed by atoms with E-state index in [-0.39, 0.29) is 17.4 Å². The fraction of sp³-hybridized carbons (Fsp3) is 0.118. The van der Waals surface area contributed by atoms with Crippen LogP contribution >= 0.6 is 11.3 Å². The van der Waals surface area contributed by atoms with Crippen LogP contribution < -0.4 is 25.8 Å². The molecule has 0 fully saturated rings. The molecule has 0 unspecified atom stereocenters. The van der Waals surface area contributed by atoms with Crippen LogP contribution in [0.1, 0.15) is 15.4 Å². The molecule has 1 aromatic carbocycles. The summed E-state index contributed by atoms with van der Waals surface area (Å²) in [7, 11) is 0. The first-order valence-electron chi connectivity index (χ1n) is 8.00. The molecule has 0 bridgehead atoms. The van der Waals surface area contributed by atoms with Gasteiger partial charge in [-0.15, -0.1) is 20.1 Å². The fourth-order valence-electron chi connectivity index (χ4n) is 2.54. The van der Waals surface area contributed by atoms with Gasteiger partial charge in [0.05, 0.1) is 17.9 Å². The van der Waals surface area contributed by atoms with Crippen molar-refractivity contribution >= 4 is 34.6 Å². The molecule has 0 atom stereocenters.